The van der Waals surface area contributed by atoms with E-state index >= 15 is 0 Å². The fraction of sp³-hybridized carbons (Fsp3) is 0.600. The van der Waals surface area contributed by atoms with Crippen LogP contribution < -0.4 is 14.8 Å². The number of halogens is 3. The Kier molecular flexibility index (Phi) is 6.02. The van der Waals surface area contributed by atoms with Gasteiger partial charge >= 0.3 is 0 Å². The Labute approximate surface area is 139 Å². The lowest BCUT2D eigenvalue weighted by atomic mass is 9.97. The van der Waals surface area contributed by atoms with Crippen LogP contribution in [0.5, 0.6) is 11.5 Å². The number of rotatable bonds is 6. The van der Waals surface area contributed by atoms with Gasteiger partial charge in [0.05, 0.1) is 19.2 Å². The van der Waals surface area contributed by atoms with Crippen molar-refractivity contribution in [1.29, 1.82) is 0 Å². The molecule has 1 saturated heterocycles. The minimum absolute atomic E-state index is 0.0727. The molecule has 1 aromatic rings. The van der Waals surface area contributed by atoms with Gasteiger partial charge < -0.3 is 19.9 Å². The summed E-state index contributed by atoms with van der Waals surface area (Å²) in [6, 6.07) is 1.71. The van der Waals surface area contributed by atoms with Crippen LogP contribution in [0.2, 0.25) is 5.02 Å². The average molecular weight is 351 g/mol. The van der Waals surface area contributed by atoms with Crippen molar-refractivity contribution in [3.05, 3.63) is 22.7 Å². The maximum atomic E-state index is 14.4. The summed E-state index contributed by atoms with van der Waals surface area (Å²) in [5.74, 6) is -2.76. The van der Waals surface area contributed by atoms with Crippen molar-refractivity contribution < 1.29 is 23.4 Å². The molecule has 1 atom stereocenters. The van der Waals surface area contributed by atoms with Crippen LogP contribution in [-0.2, 0) is 0 Å². The van der Waals surface area contributed by atoms with Crippen molar-refractivity contribution in [3.63, 3.8) is 0 Å². The van der Waals surface area contributed by atoms with E-state index in [2.05, 4.69) is 5.32 Å². The first-order chi connectivity index (χ1) is 11.0. The van der Waals surface area contributed by atoms with E-state index in [1.54, 1.807) is 11.0 Å². The van der Waals surface area contributed by atoms with Gasteiger partial charge in [-0.25, -0.2) is 8.78 Å². The number of aliphatic hydroxyl groups excluding tert-OH is 1. The Morgan fingerprint density at radius 3 is 2.48 bits per heavy atom. The second kappa shape index (κ2) is 7.61. The molecule has 0 radical (unpaired) electrons. The van der Waals surface area contributed by atoms with Crippen LogP contribution in [0, 0.1) is 0 Å². The second-order valence-corrected chi connectivity index (χ2v) is 5.69. The summed E-state index contributed by atoms with van der Waals surface area (Å²) in [5.41, 5.74) is 0.213. The summed E-state index contributed by atoms with van der Waals surface area (Å²) in [6.45, 7) is 0.813. The van der Waals surface area contributed by atoms with Gasteiger partial charge in [-0.2, -0.15) is 0 Å². The molecule has 0 amide bonds. The summed E-state index contributed by atoms with van der Waals surface area (Å²) < 4.78 is 39.2. The SMILES string of the molecule is COc1ccc([C@@H](N2CCNCC2)C(F)(F)CO)c(Cl)c1OC. The van der Waals surface area contributed by atoms with E-state index in [0.717, 1.165) is 0 Å². The van der Waals surface area contributed by atoms with Gasteiger partial charge in [0.2, 0.25) is 0 Å². The number of nitrogens with one attached hydrogen (secondary N) is 1. The van der Waals surface area contributed by atoms with Crippen molar-refractivity contribution in [2.24, 2.45) is 0 Å². The fourth-order valence-corrected chi connectivity index (χ4v) is 3.17. The van der Waals surface area contributed by atoms with E-state index in [1.807, 2.05) is 0 Å². The molecule has 2 rings (SSSR count). The maximum Gasteiger partial charge on any atom is 0.289 e. The quantitative estimate of drug-likeness (QED) is 0.821. The summed E-state index contributed by atoms with van der Waals surface area (Å²) in [6.07, 6.45) is 0. The third-order valence-electron chi connectivity index (χ3n) is 3.94. The Hall–Kier alpha value is -1.15. The topological polar surface area (TPSA) is 54.0 Å². The number of benzene rings is 1. The molecule has 0 unspecified atom stereocenters. The zero-order chi connectivity index (χ0) is 17.0. The highest BCUT2D eigenvalue weighted by Crippen LogP contribution is 2.45. The molecule has 5 nitrogen and oxygen atoms in total. The second-order valence-electron chi connectivity index (χ2n) is 5.31. The minimum atomic E-state index is -3.33. The molecule has 1 fully saturated rings. The van der Waals surface area contributed by atoms with Crippen LogP contribution in [0.25, 0.3) is 0 Å². The van der Waals surface area contributed by atoms with Crippen molar-refractivity contribution in [2.75, 3.05) is 47.0 Å². The number of hydrogen-bond donors (Lipinski definition) is 2. The van der Waals surface area contributed by atoms with Crippen molar-refractivity contribution in [1.82, 2.24) is 10.2 Å². The molecule has 1 heterocycles. The number of nitrogens with zero attached hydrogens (tertiary/aromatic N) is 1. The predicted molar refractivity (Wildman–Crippen MR) is 83.8 cm³/mol. The van der Waals surface area contributed by atoms with Gasteiger partial charge in [-0.1, -0.05) is 17.7 Å². The lowest BCUT2D eigenvalue weighted by Crippen LogP contribution is -2.51. The molecule has 130 valence electrons. The smallest absolute Gasteiger partial charge is 0.289 e. The van der Waals surface area contributed by atoms with E-state index in [-0.39, 0.29) is 16.3 Å². The number of methoxy groups -OCH3 is 2. The van der Waals surface area contributed by atoms with Crippen molar-refractivity contribution in [3.8, 4) is 11.5 Å². The van der Waals surface area contributed by atoms with E-state index in [4.69, 9.17) is 21.1 Å². The molecule has 0 spiro atoms. The van der Waals surface area contributed by atoms with Gasteiger partial charge in [0.1, 0.15) is 12.6 Å². The summed E-state index contributed by atoms with van der Waals surface area (Å²) >= 11 is 6.31. The highest BCUT2D eigenvalue weighted by atomic mass is 35.5. The predicted octanol–water partition coefficient (Wildman–Crippen LogP) is 1.93. The van der Waals surface area contributed by atoms with Gasteiger partial charge in [-0.05, 0) is 11.6 Å². The molecule has 2 N–H and O–H groups in total. The van der Waals surface area contributed by atoms with Gasteiger partial charge in [0, 0.05) is 26.2 Å². The van der Waals surface area contributed by atoms with E-state index in [0.29, 0.717) is 31.9 Å². The number of aliphatic hydroxyl groups is 1. The van der Waals surface area contributed by atoms with Crippen LogP contribution in [0.4, 0.5) is 8.78 Å². The molecular formula is C15H21ClF2N2O3. The Balaban J connectivity index is 2.51. The molecular weight excluding hydrogens is 330 g/mol. The molecule has 1 aliphatic heterocycles. The first-order valence-electron chi connectivity index (χ1n) is 7.30. The molecule has 1 aliphatic rings. The highest BCUT2D eigenvalue weighted by molar-refractivity contribution is 6.33. The lowest BCUT2D eigenvalue weighted by Gasteiger charge is -2.39. The van der Waals surface area contributed by atoms with Crippen LogP contribution >= 0.6 is 11.6 Å². The van der Waals surface area contributed by atoms with E-state index < -0.39 is 18.6 Å². The molecule has 0 aromatic heterocycles. The molecule has 23 heavy (non-hydrogen) atoms. The lowest BCUT2D eigenvalue weighted by molar-refractivity contribution is -0.118. The molecule has 0 saturated carbocycles. The average Bonchev–Trinajstić information content (AvgIpc) is 2.57. The minimum Gasteiger partial charge on any atom is -0.493 e. The zero-order valence-corrected chi connectivity index (χ0v) is 13.9. The number of alkyl halides is 2. The van der Waals surface area contributed by atoms with Crippen LogP contribution in [-0.4, -0.2) is 62.9 Å². The van der Waals surface area contributed by atoms with Crippen LogP contribution in [0.3, 0.4) is 0 Å². The first-order valence-corrected chi connectivity index (χ1v) is 7.68. The summed E-state index contributed by atoms with van der Waals surface area (Å²) in [7, 11) is 2.85. The third kappa shape index (κ3) is 3.68. The number of piperazine rings is 1. The molecule has 1 aromatic carbocycles. The normalized spacial score (nSPS) is 17.8. The summed E-state index contributed by atoms with van der Waals surface area (Å²) in [4.78, 5) is 1.62. The molecule has 0 aliphatic carbocycles. The largest absolute Gasteiger partial charge is 0.493 e. The standard InChI is InChI=1S/C15H21ClF2N2O3/c1-22-11-4-3-10(12(16)13(11)23-2)14(15(17,18)9-21)20-7-5-19-6-8-20/h3-4,14,19,21H,5-9H2,1-2H3/t14-/m1/s1. The Morgan fingerprint density at radius 1 is 1.30 bits per heavy atom. The van der Waals surface area contributed by atoms with E-state index in [1.165, 1.54) is 20.3 Å². The fourth-order valence-electron chi connectivity index (χ4n) is 2.83. The third-order valence-corrected chi connectivity index (χ3v) is 4.33. The van der Waals surface area contributed by atoms with Crippen molar-refractivity contribution >= 4 is 11.6 Å². The molecule has 0 bridgehead atoms. The Morgan fingerprint density at radius 2 is 1.96 bits per heavy atom. The zero-order valence-electron chi connectivity index (χ0n) is 13.1. The number of hydrogen-bond acceptors (Lipinski definition) is 5. The Bertz CT molecular complexity index is 540. The van der Waals surface area contributed by atoms with Gasteiger partial charge in [0.25, 0.3) is 5.92 Å². The maximum absolute atomic E-state index is 14.4. The first kappa shape index (κ1) is 18.2. The van der Waals surface area contributed by atoms with Gasteiger partial charge in [-0.15, -0.1) is 0 Å². The van der Waals surface area contributed by atoms with Crippen LogP contribution in [0.15, 0.2) is 12.1 Å². The number of ether oxygens (including phenoxy) is 2. The summed E-state index contributed by atoms with van der Waals surface area (Å²) in [5, 5.41) is 12.4. The molecule has 8 heteroatoms. The monoisotopic (exact) mass is 350 g/mol. The van der Waals surface area contributed by atoms with Crippen molar-refractivity contribution in [2.45, 2.75) is 12.0 Å². The van der Waals surface area contributed by atoms with Gasteiger partial charge in [0.15, 0.2) is 11.5 Å². The highest BCUT2D eigenvalue weighted by Gasteiger charge is 2.45. The van der Waals surface area contributed by atoms with Crippen LogP contribution in [0.1, 0.15) is 11.6 Å². The van der Waals surface area contributed by atoms with Gasteiger partial charge in [-0.3, -0.25) is 4.90 Å². The van der Waals surface area contributed by atoms with E-state index in [9.17, 15) is 13.9 Å².